The third-order valence-corrected chi connectivity index (χ3v) is 2.23. The van der Waals surface area contributed by atoms with Crippen LogP contribution in [0.3, 0.4) is 0 Å². The van der Waals surface area contributed by atoms with Crippen molar-refractivity contribution in [3.63, 3.8) is 0 Å². The van der Waals surface area contributed by atoms with Crippen molar-refractivity contribution < 1.29 is 13.2 Å². The van der Waals surface area contributed by atoms with E-state index in [1.807, 2.05) is 13.8 Å². The molecule has 19 heavy (non-hydrogen) atoms. The first kappa shape index (κ1) is 15.4. The SMILES string of the molecule is CC.Cn1cc(-c2nc(Cl)ncc2C(F)(F)F)cn1. The van der Waals surface area contributed by atoms with E-state index in [0.29, 0.717) is 6.20 Å². The third-order valence-electron chi connectivity index (χ3n) is 2.04. The molecule has 0 aromatic carbocycles. The lowest BCUT2D eigenvalue weighted by Crippen LogP contribution is -2.09. The molecule has 0 aliphatic rings. The molecule has 8 heteroatoms. The van der Waals surface area contributed by atoms with Gasteiger partial charge in [0.05, 0.1) is 11.9 Å². The molecule has 0 saturated heterocycles. The Kier molecular flexibility index (Phi) is 4.88. The number of aromatic nitrogens is 4. The van der Waals surface area contributed by atoms with Gasteiger partial charge < -0.3 is 0 Å². The summed E-state index contributed by atoms with van der Waals surface area (Å²) < 4.78 is 39.5. The molecule has 104 valence electrons. The Labute approximate surface area is 113 Å². The first-order valence-electron chi connectivity index (χ1n) is 5.46. The summed E-state index contributed by atoms with van der Waals surface area (Å²) in [5.41, 5.74) is -0.968. The Hall–Kier alpha value is -1.63. The zero-order chi connectivity index (χ0) is 14.6. The fourth-order valence-corrected chi connectivity index (χ4v) is 1.46. The number of hydrogen-bond donors (Lipinski definition) is 0. The topological polar surface area (TPSA) is 43.6 Å². The maximum atomic E-state index is 12.7. The fourth-order valence-electron chi connectivity index (χ4n) is 1.33. The predicted octanol–water partition coefficient (Wildman–Crippen LogP) is 3.58. The Morgan fingerprint density at radius 2 is 1.84 bits per heavy atom. The van der Waals surface area contributed by atoms with Crippen molar-refractivity contribution in [2.45, 2.75) is 20.0 Å². The Morgan fingerprint density at radius 3 is 2.32 bits per heavy atom. The number of aryl methyl sites for hydroxylation is 1. The molecule has 0 fully saturated rings. The third kappa shape index (κ3) is 3.66. The van der Waals surface area contributed by atoms with Gasteiger partial charge in [-0.1, -0.05) is 13.8 Å². The van der Waals surface area contributed by atoms with Gasteiger partial charge in [-0.3, -0.25) is 4.68 Å². The van der Waals surface area contributed by atoms with E-state index in [4.69, 9.17) is 11.6 Å². The first-order chi connectivity index (χ1) is 8.88. The van der Waals surface area contributed by atoms with Gasteiger partial charge in [-0.15, -0.1) is 0 Å². The summed E-state index contributed by atoms with van der Waals surface area (Å²) >= 11 is 5.51. The van der Waals surface area contributed by atoms with Crippen molar-refractivity contribution in [1.82, 2.24) is 19.7 Å². The van der Waals surface area contributed by atoms with E-state index < -0.39 is 11.7 Å². The number of hydrogen-bond acceptors (Lipinski definition) is 3. The van der Waals surface area contributed by atoms with Crippen LogP contribution in [0.25, 0.3) is 11.3 Å². The molecule has 0 saturated carbocycles. The van der Waals surface area contributed by atoms with Gasteiger partial charge in [-0.05, 0) is 11.6 Å². The van der Waals surface area contributed by atoms with Gasteiger partial charge in [-0.25, -0.2) is 9.97 Å². The zero-order valence-electron chi connectivity index (χ0n) is 10.5. The van der Waals surface area contributed by atoms with Crippen LogP contribution in [0, 0.1) is 0 Å². The number of nitrogens with zero attached hydrogens (tertiary/aromatic N) is 4. The average Bonchev–Trinajstić information content (AvgIpc) is 2.77. The Bertz CT molecular complexity index is 551. The van der Waals surface area contributed by atoms with Gasteiger partial charge in [0.2, 0.25) is 5.28 Å². The van der Waals surface area contributed by atoms with E-state index in [1.165, 1.54) is 17.1 Å². The van der Waals surface area contributed by atoms with Crippen LogP contribution >= 0.6 is 11.6 Å². The number of halogens is 4. The van der Waals surface area contributed by atoms with E-state index in [1.54, 1.807) is 7.05 Å². The maximum absolute atomic E-state index is 12.7. The Morgan fingerprint density at radius 1 is 1.21 bits per heavy atom. The summed E-state index contributed by atoms with van der Waals surface area (Å²) in [7, 11) is 1.60. The number of rotatable bonds is 1. The fraction of sp³-hybridized carbons (Fsp3) is 0.364. The van der Waals surface area contributed by atoms with Crippen molar-refractivity contribution in [3.05, 3.63) is 29.4 Å². The van der Waals surface area contributed by atoms with E-state index >= 15 is 0 Å². The standard InChI is InChI=1S/C9H6ClF3N4.C2H6/c1-17-4-5(2-15-17)7-6(9(11,12)13)3-14-8(10)16-7;1-2/h2-4H,1H3;1-2H3. The van der Waals surface area contributed by atoms with E-state index in [9.17, 15) is 13.2 Å². The molecule has 0 radical (unpaired) electrons. The minimum absolute atomic E-state index is 0.239. The smallest absolute Gasteiger partial charge is 0.275 e. The lowest BCUT2D eigenvalue weighted by Gasteiger charge is -2.09. The van der Waals surface area contributed by atoms with E-state index in [0.717, 1.165) is 0 Å². The van der Waals surface area contributed by atoms with Crippen LogP contribution in [-0.2, 0) is 13.2 Å². The molecule has 2 aromatic heterocycles. The van der Waals surface area contributed by atoms with Crippen LogP contribution < -0.4 is 0 Å². The Balaban J connectivity index is 0.000000861. The summed E-state index contributed by atoms with van der Waals surface area (Å²) in [5.74, 6) is 0. The molecule has 0 aliphatic heterocycles. The highest BCUT2D eigenvalue weighted by atomic mass is 35.5. The molecule has 2 aromatic rings. The lowest BCUT2D eigenvalue weighted by molar-refractivity contribution is -0.137. The van der Waals surface area contributed by atoms with Gasteiger partial charge in [0.25, 0.3) is 0 Å². The second-order valence-electron chi connectivity index (χ2n) is 3.30. The van der Waals surface area contributed by atoms with Crippen LogP contribution in [0.4, 0.5) is 13.2 Å². The molecule has 0 N–H and O–H groups in total. The van der Waals surface area contributed by atoms with Crippen LogP contribution in [-0.4, -0.2) is 19.7 Å². The molecule has 2 heterocycles. The minimum atomic E-state index is -4.53. The van der Waals surface area contributed by atoms with Crippen LogP contribution in [0.2, 0.25) is 5.28 Å². The highest BCUT2D eigenvalue weighted by Gasteiger charge is 2.35. The molecule has 0 bridgehead atoms. The highest BCUT2D eigenvalue weighted by Crippen LogP contribution is 2.35. The summed E-state index contributed by atoms with van der Waals surface area (Å²) in [5, 5.41) is 3.55. The minimum Gasteiger partial charge on any atom is -0.275 e. The highest BCUT2D eigenvalue weighted by molar-refractivity contribution is 6.28. The predicted molar refractivity (Wildman–Crippen MR) is 65.6 cm³/mol. The molecule has 2 rings (SSSR count). The van der Waals surface area contributed by atoms with Crippen LogP contribution in [0.5, 0.6) is 0 Å². The summed E-state index contributed by atoms with van der Waals surface area (Å²) in [6.07, 6.45) is -1.16. The summed E-state index contributed by atoms with van der Waals surface area (Å²) in [6.45, 7) is 4.00. The normalized spacial score (nSPS) is 10.9. The van der Waals surface area contributed by atoms with Crippen molar-refractivity contribution >= 4 is 11.6 Å². The largest absolute Gasteiger partial charge is 0.419 e. The van der Waals surface area contributed by atoms with Gasteiger partial charge in [0.15, 0.2) is 0 Å². The molecule has 0 aliphatic carbocycles. The maximum Gasteiger partial charge on any atom is 0.419 e. The molecular weight excluding hydrogens is 281 g/mol. The van der Waals surface area contributed by atoms with Crippen molar-refractivity contribution in [1.29, 1.82) is 0 Å². The average molecular weight is 293 g/mol. The summed E-state index contributed by atoms with van der Waals surface area (Å²) in [4.78, 5) is 6.95. The number of alkyl halides is 3. The van der Waals surface area contributed by atoms with Crippen molar-refractivity contribution in [3.8, 4) is 11.3 Å². The summed E-state index contributed by atoms with van der Waals surface area (Å²) in [6, 6.07) is 0. The molecule has 0 spiro atoms. The molecule has 0 unspecified atom stereocenters. The second-order valence-corrected chi connectivity index (χ2v) is 3.64. The molecule has 0 atom stereocenters. The molecule has 4 nitrogen and oxygen atoms in total. The van der Waals surface area contributed by atoms with Crippen molar-refractivity contribution in [2.75, 3.05) is 0 Å². The lowest BCUT2D eigenvalue weighted by atomic mass is 10.1. The monoisotopic (exact) mass is 292 g/mol. The van der Waals surface area contributed by atoms with E-state index in [-0.39, 0.29) is 16.5 Å². The van der Waals surface area contributed by atoms with Crippen LogP contribution in [0.15, 0.2) is 18.6 Å². The van der Waals surface area contributed by atoms with Gasteiger partial charge in [0.1, 0.15) is 5.56 Å². The first-order valence-corrected chi connectivity index (χ1v) is 5.84. The van der Waals surface area contributed by atoms with Crippen molar-refractivity contribution in [2.24, 2.45) is 7.05 Å². The molecular formula is C11H12ClF3N4. The molecule has 0 amide bonds. The van der Waals surface area contributed by atoms with Crippen LogP contribution in [0.1, 0.15) is 19.4 Å². The van der Waals surface area contributed by atoms with Gasteiger partial charge in [-0.2, -0.15) is 18.3 Å². The van der Waals surface area contributed by atoms with E-state index in [2.05, 4.69) is 15.1 Å². The van der Waals surface area contributed by atoms with Gasteiger partial charge in [0, 0.05) is 25.0 Å². The zero-order valence-corrected chi connectivity index (χ0v) is 11.3. The van der Waals surface area contributed by atoms with Gasteiger partial charge >= 0.3 is 6.18 Å². The quantitative estimate of drug-likeness (QED) is 0.755. The second kappa shape index (κ2) is 6.01.